The molecule has 7 heteroatoms. The summed E-state index contributed by atoms with van der Waals surface area (Å²) in [6, 6.07) is -0.129. The van der Waals surface area contributed by atoms with E-state index in [1.54, 1.807) is 4.90 Å². The first-order chi connectivity index (χ1) is 13.0. The van der Waals surface area contributed by atoms with Gasteiger partial charge < -0.3 is 14.8 Å². The Balaban J connectivity index is 1.61. The fourth-order valence-corrected chi connectivity index (χ4v) is 4.76. The van der Waals surface area contributed by atoms with Gasteiger partial charge in [-0.15, -0.1) is 0 Å². The van der Waals surface area contributed by atoms with Crippen molar-refractivity contribution in [3.05, 3.63) is 27.4 Å². The summed E-state index contributed by atoms with van der Waals surface area (Å²) in [7, 11) is 0. The van der Waals surface area contributed by atoms with E-state index in [2.05, 4.69) is 4.98 Å². The molecule has 0 radical (unpaired) electrons. The zero-order valence-electron chi connectivity index (χ0n) is 16.0. The van der Waals surface area contributed by atoms with Gasteiger partial charge in [0.25, 0.3) is 5.56 Å². The minimum atomic E-state index is -0.167. The molecule has 1 N–H and O–H groups in total. The lowest BCUT2D eigenvalue weighted by Crippen LogP contribution is -2.43. The van der Waals surface area contributed by atoms with Crippen molar-refractivity contribution in [2.24, 2.45) is 5.92 Å². The fourth-order valence-electron chi connectivity index (χ4n) is 4.76. The topological polar surface area (TPSA) is 86.4 Å². The molecule has 1 saturated carbocycles. The Bertz CT molecular complexity index is 797. The van der Waals surface area contributed by atoms with Crippen molar-refractivity contribution in [1.29, 1.82) is 0 Å². The van der Waals surface area contributed by atoms with E-state index in [0.29, 0.717) is 30.9 Å². The highest BCUT2D eigenvalue weighted by molar-refractivity contribution is 5.79. The van der Waals surface area contributed by atoms with Gasteiger partial charge in [0.1, 0.15) is 5.82 Å². The average molecular weight is 372 g/mol. The smallest absolute Gasteiger partial charge is 0.256 e. The number of aromatic amines is 1. The standard InChI is InChI=1S/C20H28N4O3/c1-13(25)23-11-9-16-15(12-23)19(26)22-18(21-16)17-8-4-5-10-24(17)20(27)14-6-2-3-7-14/h14,17H,2-12H2,1H3,(H,21,22,26)/t17-/m0/s1. The van der Waals surface area contributed by atoms with Crippen LogP contribution >= 0.6 is 0 Å². The lowest BCUT2D eigenvalue weighted by molar-refractivity contribution is -0.139. The lowest BCUT2D eigenvalue weighted by atomic mass is 9.97. The summed E-state index contributed by atoms with van der Waals surface area (Å²) in [5.41, 5.74) is 1.20. The zero-order valence-corrected chi connectivity index (χ0v) is 16.0. The number of rotatable bonds is 2. The monoisotopic (exact) mass is 372 g/mol. The molecule has 4 rings (SSSR count). The minimum Gasteiger partial charge on any atom is -0.338 e. The molecule has 146 valence electrons. The number of nitrogens with zero attached hydrogens (tertiary/aromatic N) is 3. The Morgan fingerprint density at radius 3 is 2.56 bits per heavy atom. The second-order valence-corrected chi connectivity index (χ2v) is 8.09. The zero-order chi connectivity index (χ0) is 19.0. The molecule has 2 fully saturated rings. The van der Waals surface area contributed by atoms with Crippen LogP contribution in [-0.4, -0.2) is 44.7 Å². The van der Waals surface area contributed by atoms with Gasteiger partial charge in [0.15, 0.2) is 0 Å². The van der Waals surface area contributed by atoms with Gasteiger partial charge >= 0.3 is 0 Å². The number of piperidine rings is 1. The van der Waals surface area contributed by atoms with Crippen molar-refractivity contribution in [3.63, 3.8) is 0 Å². The second-order valence-electron chi connectivity index (χ2n) is 8.09. The Hall–Kier alpha value is -2.18. The van der Waals surface area contributed by atoms with E-state index in [-0.39, 0.29) is 29.3 Å². The Morgan fingerprint density at radius 1 is 1.07 bits per heavy atom. The van der Waals surface area contributed by atoms with Gasteiger partial charge in [-0.3, -0.25) is 14.4 Å². The van der Waals surface area contributed by atoms with Crippen molar-refractivity contribution < 1.29 is 9.59 Å². The van der Waals surface area contributed by atoms with Crippen molar-refractivity contribution in [1.82, 2.24) is 19.8 Å². The molecule has 2 aliphatic heterocycles. The van der Waals surface area contributed by atoms with Gasteiger partial charge in [0, 0.05) is 32.4 Å². The van der Waals surface area contributed by atoms with Gasteiger partial charge in [-0.25, -0.2) is 4.98 Å². The molecule has 3 aliphatic rings. The Labute approximate surface area is 159 Å². The second kappa shape index (κ2) is 7.44. The SMILES string of the molecule is CC(=O)N1CCc2nc([C@@H]3CCCCN3C(=O)C3CCCC3)[nH]c(=O)c2C1. The van der Waals surface area contributed by atoms with Crippen LogP contribution in [0, 0.1) is 5.92 Å². The summed E-state index contributed by atoms with van der Waals surface area (Å²) >= 11 is 0. The minimum absolute atomic E-state index is 0.0234. The number of fused-ring (bicyclic) bond motifs is 1. The van der Waals surface area contributed by atoms with Crippen molar-refractivity contribution >= 4 is 11.8 Å². The van der Waals surface area contributed by atoms with Crippen LogP contribution in [0.5, 0.6) is 0 Å². The molecule has 1 aromatic heterocycles. The molecule has 1 atom stereocenters. The molecule has 1 aromatic rings. The summed E-state index contributed by atoms with van der Waals surface area (Å²) in [5.74, 6) is 0.977. The predicted molar refractivity (Wildman–Crippen MR) is 99.9 cm³/mol. The number of H-pyrrole nitrogens is 1. The molecular weight excluding hydrogens is 344 g/mol. The Morgan fingerprint density at radius 2 is 1.81 bits per heavy atom. The van der Waals surface area contributed by atoms with Gasteiger partial charge in [0.05, 0.1) is 23.8 Å². The third-order valence-corrected chi connectivity index (χ3v) is 6.34. The maximum atomic E-state index is 13.0. The lowest BCUT2D eigenvalue weighted by Gasteiger charge is -2.37. The highest BCUT2D eigenvalue weighted by atomic mass is 16.2. The van der Waals surface area contributed by atoms with Crippen molar-refractivity contribution in [2.75, 3.05) is 13.1 Å². The number of nitrogens with one attached hydrogen (secondary N) is 1. The van der Waals surface area contributed by atoms with E-state index in [1.807, 2.05) is 4.90 Å². The first-order valence-electron chi connectivity index (χ1n) is 10.2. The highest BCUT2D eigenvalue weighted by Gasteiger charge is 2.35. The maximum Gasteiger partial charge on any atom is 0.256 e. The van der Waals surface area contributed by atoms with Gasteiger partial charge in [-0.05, 0) is 32.1 Å². The summed E-state index contributed by atoms with van der Waals surface area (Å²) < 4.78 is 0. The molecule has 0 bridgehead atoms. The van der Waals surface area contributed by atoms with Crippen LogP contribution in [0.3, 0.4) is 0 Å². The molecule has 0 aromatic carbocycles. The van der Waals surface area contributed by atoms with E-state index in [1.165, 1.54) is 6.92 Å². The number of carbonyl (C=O) groups is 2. The predicted octanol–water partition coefficient (Wildman–Crippen LogP) is 1.92. The van der Waals surface area contributed by atoms with Crippen LogP contribution in [0.4, 0.5) is 0 Å². The van der Waals surface area contributed by atoms with Crippen LogP contribution in [-0.2, 0) is 22.6 Å². The maximum absolute atomic E-state index is 13.0. The van der Waals surface area contributed by atoms with Crippen LogP contribution in [0.1, 0.15) is 75.0 Å². The third-order valence-electron chi connectivity index (χ3n) is 6.34. The normalized spacial score (nSPS) is 23.4. The summed E-state index contributed by atoms with van der Waals surface area (Å²) in [6.45, 7) is 3.19. The number of carbonyl (C=O) groups excluding carboxylic acids is 2. The number of hydrogen-bond donors (Lipinski definition) is 1. The molecule has 0 spiro atoms. The van der Waals surface area contributed by atoms with E-state index in [0.717, 1.165) is 57.2 Å². The first-order valence-corrected chi connectivity index (χ1v) is 10.2. The third kappa shape index (κ3) is 3.51. The van der Waals surface area contributed by atoms with E-state index >= 15 is 0 Å². The number of amides is 2. The average Bonchev–Trinajstić information content (AvgIpc) is 3.22. The molecule has 2 amide bonds. The highest BCUT2D eigenvalue weighted by Crippen LogP contribution is 2.34. The molecule has 1 saturated heterocycles. The van der Waals surface area contributed by atoms with E-state index < -0.39 is 0 Å². The molecule has 27 heavy (non-hydrogen) atoms. The van der Waals surface area contributed by atoms with Crippen LogP contribution in [0.15, 0.2) is 4.79 Å². The van der Waals surface area contributed by atoms with Gasteiger partial charge in [0.2, 0.25) is 11.8 Å². The largest absolute Gasteiger partial charge is 0.338 e. The molecule has 7 nitrogen and oxygen atoms in total. The van der Waals surface area contributed by atoms with Crippen molar-refractivity contribution in [2.45, 2.75) is 70.9 Å². The number of likely N-dealkylation sites (tertiary alicyclic amines) is 1. The van der Waals surface area contributed by atoms with Crippen LogP contribution < -0.4 is 5.56 Å². The number of hydrogen-bond acceptors (Lipinski definition) is 4. The molecule has 0 unspecified atom stereocenters. The summed E-state index contributed by atoms with van der Waals surface area (Å²) in [4.78, 5) is 48.7. The van der Waals surface area contributed by atoms with Crippen molar-refractivity contribution in [3.8, 4) is 0 Å². The van der Waals surface area contributed by atoms with Gasteiger partial charge in [-0.2, -0.15) is 0 Å². The van der Waals surface area contributed by atoms with E-state index in [4.69, 9.17) is 4.98 Å². The van der Waals surface area contributed by atoms with Gasteiger partial charge in [-0.1, -0.05) is 12.8 Å². The molecule has 3 heterocycles. The quantitative estimate of drug-likeness (QED) is 0.859. The first kappa shape index (κ1) is 18.2. The van der Waals surface area contributed by atoms with Crippen LogP contribution in [0.2, 0.25) is 0 Å². The van der Waals surface area contributed by atoms with Crippen LogP contribution in [0.25, 0.3) is 0 Å². The molecular formula is C20H28N4O3. The molecule has 1 aliphatic carbocycles. The van der Waals surface area contributed by atoms with E-state index in [9.17, 15) is 14.4 Å². The summed E-state index contributed by atoms with van der Waals surface area (Å²) in [6.07, 6.45) is 7.73. The number of aromatic nitrogens is 2. The Kier molecular flexibility index (Phi) is 5.02. The fraction of sp³-hybridized carbons (Fsp3) is 0.700. The summed E-state index contributed by atoms with van der Waals surface area (Å²) in [5, 5.41) is 0.